The number of hydrogen-bond donors (Lipinski definition) is 0. The van der Waals surface area contributed by atoms with E-state index < -0.39 is 0 Å². The molecule has 0 N–H and O–H groups in total. The fourth-order valence-electron chi connectivity index (χ4n) is 8.09. The molecule has 3 heteroatoms. The number of aromatic nitrogens is 3. The lowest BCUT2D eigenvalue weighted by molar-refractivity contribution is 0.353. The van der Waals surface area contributed by atoms with Crippen molar-refractivity contribution in [2.75, 3.05) is 0 Å². The molecule has 0 bridgehead atoms. The number of fused-ring (bicyclic) bond motifs is 5. The highest BCUT2D eigenvalue weighted by Gasteiger charge is 2.44. The van der Waals surface area contributed by atoms with Crippen LogP contribution in [0.1, 0.15) is 43.2 Å². The van der Waals surface area contributed by atoms with Crippen molar-refractivity contribution in [2.24, 2.45) is 0 Å². The molecule has 9 rings (SSSR count). The van der Waals surface area contributed by atoms with Crippen molar-refractivity contribution in [3.8, 4) is 67.3 Å². The molecule has 0 saturated heterocycles. The van der Waals surface area contributed by atoms with Gasteiger partial charge in [0.25, 0.3) is 0 Å². The second-order valence-corrected chi connectivity index (χ2v) is 13.1. The van der Waals surface area contributed by atoms with Crippen LogP contribution >= 0.6 is 0 Å². The van der Waals surface area contributed by atoms with Gasteiger partial charge in [-0.2, -0.15) is 0 Å². The summed E-state index contributed by atoms with van der Waals surface area (Å²) in [5, 5.41) is 0. The molecule has 0 radical (unpaired) electrons. The molecule has 0 unspecified atom stereocenters. The maximum absolute atomic E-state index is 5.09. The third-order valence-corrected chi connectivity index (χ3v) is 10.4. The van der Waals surface area contributed by atoms with E-state index in [-0.39, 0.29) is 5.41 Å². The average Bonchev–Trinajstić information content (AvgIpc) is 3.44. The van der Waals surface area contributed by atoms with Gasteiger partial charge < -0.3 is 0 Å². The maximum atomic E-state index is 5.09. The van der Waals surface area contributed by atoms with E-state index in [4.69, 9.17) is 9.97 Å². The van der Waals surface area contributed by atoms with E-state index in [2.05, 4.69) is 120 Å². The first kappa shape index (κ1) is 28.5. The fourth-order valence-corrected chi connectivity index (χ4v) is 8.09. The molecule has 0 aliphatic heterocycles. The minimum atomic E-state index is 0.154. The number of benzene rings is 5. The number of rotatable bonds is 5. The molecule has 1 spiro atoms. The Bertz CT molecular complexity index is 2230. The highest BCUT2D eigenvalue weighted by Crippen LogP contribution is 2.57. The van der Waals surface area contributed by atoms with E-state index in [1.807, 2.05) is 30.5 Å². The Balaban J connectivity index is 1.11. The molecule has 3 nitrogen and oxygen atoms in total. The summed E-state index contributed by atoms with van der Waals surface area (Å²) < 4.78 is 0. The van der Waals surface area contributed by atoms with Gasteiger partial charge in [0.2, 0.25) is 0 Å². The predicted molar refractivity (Wildman–Crippen MR) is 196 cm³/mol. The third kappa shape index (κ3) is 4.86. The monoisotopic (exact) mass is 617 g/mol. The van der Waals surface area contributed by atoms with E-state index in [0.29, 0.717) is 0 Å². The molecule has 5 aromatic carbocycles. The van der Waals surface area contributed by atoms with Crippen LogP contribution in [-0.2, 0) is 5.41 Å². The van der Waals surface area contributed by atoms with Crippen LogP contribution in [0.25, 0.3) is 67.3 Å². The van der Waals surface area contributed by atoms with Gasteiger partial charge in [0.05, 0.1) is 11.4 Å². The standard InChI is InChI=1S/C45H35N3/c1-3-11-35(12-4-1)44-47-41(33-22-18-31(19-23-33)36-13-10-28-46-30-36)29-42(48-44)34-24-20-32(21-25-34)37-15-9-17-40-43(37)38-14-5-6-16-39(38)45(40)26-7-2-8-27-45/h1,3-6,9-25,28-30H,2,7-8,26-27H2. The topological polar surface area (TPSA) is 38.7 Å². The van der Waals surface area contributed by atoms with Gasteiger partial charge >= 0.3 is 0 Å². The second kappa shape index (κ2) is 11.8. The lowest BCUT2D eigenvalue weighted by Crippen LogP contribution is -2.27. The first-order chi connectivity index (χ1) is 23.8. The van der Waals surface area contributed by atoms with Crippen molar-refractivity contribution in [2.45, 2.75) is 37.5 Å². The zero-order chi connectivity index (χ0) is 31.9. The predicted octanol–water partition coefficient (Wildman–Crippen LogP) is 11.4. The van der Waals surface area contributed by atoms with Crippen molar-refractivity contribution >= 4 is 0 Å². The zero-order valence-corrected chi connectivity index (χ0v) is 26.8. The van der Waals surface area contributed by atoms with Crippen molar-refractivity contribution in [3.05, 3.63) is 163 Å². The second-order valence-electron chi connectivity index (χ2n) is 13.1. The molecule has 2 aliphatic rings. The molecule has 7 aromatic rings. The van der Waals surface area contributed by atoms with Crippen LogP contribution in [-0.4, -0.2) is 15.0 Å². The number of pyridine rings is 1. The Kier molecular flexibility index (Phi) is 7.04. The lowest BCUT2D eigenvalue weighted by atomic mass is 9.68. The van der Waals surface area contributed by atoms with Crippen molar-refractivity contribution in [1.82, 2.24) is 15.0 Å². The summed E-state index contributed by atoms with van der Waals surface area (Å²) in [5.74, 6) is 0.721. The third-order valence-electron chi connectivity index (χ3n) is 10.4. The summed E-state index contributed by atoms with van der Waals surface area (Å²) in [6.07, 6.45) is 10.1. The smallest absolute Gasteiger partial charge is 0.160 e. The Morgan fingerprint density at radius 1 is 0.438 bits per heavy atom. The van der Waals surface area contributed by atoms with Gasteiger partial charge in [-0.1, -0.05) is 147 Å². The van der Waals surface area contributed by atoms with Crippen LogP contribution in [0.5, 0.6) is 0 Å². The molecular weight excluding hydrogens is 583 g/mol. The average molecular weight is 618 g/mol. The molecule has 1 saturated carbocycles. The molecule has 2 aliphatic carbocycles. The van der Waals surface area contributed by atoms with Crippen molar-refractivity contribution in [1.29, 1.82) is 0 Å². The first-order valence-corrected chi connectivity index (χ1v) is 17.1. The first-order valence-electron chi connectivity index (χ1n) is 17.1. The van der Waals surface area contributed by atoms with Crippen LogP contribution in [0.15, 0.2) is 152 Å². The van der Waals surface area contributed by atoms with Gasteiger partial charge in [-0.3, -0.25) is 4.98 Å². The number of hydrogen-bond acceptors (Lipinski definition) is 3. The quantitative estimate of drug-likeness (QED) is 0.193. The molecule has 230 valence electrons. The summed E-state index contributed by atoms with van der Waals surface area (Å²) >= 11 is 0. The van der Waals surface area contributed by atoms with Gasteiger partial charge in [-0.05, 0) is 69.5 Å². The molecule has 1 fully saturated rings. The van der Waals surface area contributed by atoms with Gasteiger partial charge in [0, 0.05) is 34.5 Å². The fraction of sp³-hybridized carbons (Fsp3) is 0.133. The summed E-state index contributed by atoms with van der Waals surface area (Å²) in [6.45, 7) is 0. The van der Waals surface area contributed by atoms with Gasteiger partial charge in [-0.25, -0.2) is 9.97 Å². The van der Waals surface area contributed by atoms with E-state index in [0.717, 1.165) is 45.0 Å². The maximum Gasteiger partial charge on any atom is 0.160 e. The van der Waals surface area contributed by atoms with E-state index in [1.165, 1.54) is 65.5 Å². The van der Waals surface area contributed by atoms with Gasteiger partial charge in [-0.15, -0.1) is 0 Å². The SMILES string of the molecule is c1ccc(-c2nc(-c3ccc(-c4cccnc4)cc3)cc(-c3ccc(-c4cccc5c4-c4ccccc4C54CCCCC4)cc3)n2)cc1. The Morgan fingerprint density at radius 3 is 1.75 bits per heavy atom. The van der Waals surface area contributed by atoms with Gasteiger partial charge in [0.15, 0.2) is 5.82 Å². The normalized spacial score (nSPS) is 14.4. The van der Waals surface area contributed by atoms with E-state index >= 15 is 0 Å². The van der Waals surface area contributed by atoms with Crippen LogP contribution in [0.2, 0.25) is 0 Å². The lowest BCUT2D eigenvalue weighted by Gasteiger charge is -2.36. The molecule has 0 amide bonds. The summed E-state index contributed by atoms with van der Waals surface area (Å²) in [7, 11) is 0. The largest absolute Gasteiger partial charge is 0.264 e. The molecule has 2 heterocycles. The van der Waals surface area contributed by atoms with Crippen LogP contribution in [0.3, 0.4) is 0 Å². The summed E-state index contributed by atoms with van der Waals surface area (Å²) in [6, 6.07) is 50.1. The number of nitrogens with zero attached hydrogens (tertiary/aromatic N) is 3. The Morgan fingerprint density at radius 2 is 1.04 bits per heavy atom. The highest BCUT2D eigenvalue weighted by atomic mass is 14.9. The Hall–Kier alpha value is -5.67. The molecule has 2 aromatic heterocycles. The summed E-state index contributed by atoms with van der Waals surface area (Å²) in [4.78, 5) is 14.4. The van der Waals surface area contributed by atoms with E-state index in [9.17, 15) is 0 Å². The van der Waals surface area contributed by atoms with Crippen LogP contribution in [0, 0.1) is 0 Å². The van der Waals surface area contributed by atoms with Crippen LogP contribution < -0.4 is 0 Å². The van der Waals surface area contributed by atoms with E-state index in [1.54, 1.807) is 6.20 Å². The molecule has 0 atom stereocenters. The Labute approximate surface area is 282 Å². The molecule has 48 heavy (non-hydrogen) atoms. The van der Waals surface area contributed by atoms with Gasteiger partial charge in [0.1, 0.15) is 0 Å². The minimum Gasteiger partial charge on any atom is -0.264 e. The van der Waals surface area contributed by atoms with Crippen molar-refractivity contribution in [3.63, 3.8) is 0 Å². The van der Waals surface area contributed by atoms with Crippen LogP contribution in [0.4, 0.5) is 0 Å². The zero-order valence-electron chi connectivity index (χ0n) is 26.8. The minimum absolute atomic E-state index is 0.154. The summed E-state index contributed by atoms with van der Waals surface area (Å²) in [5.41, 5.74) is 15.7. The van der Waals surface area contributed by atoms with Crippen molar-refractivity contribution < 1.29 is 0 Å². The highest BCUT2D eigenvalue weighted by molar-refractivity contribution is 5.93. The molecular formula is C45H35N3.